The van der Waals surface area contributed by atoms with Crippen LogP contribution in [0, 0.1) is 0 Å². The minimum Gasteiger partial charge on any atom is -0.323 e. The number of hydrogen-bond donors (Lipinski definition) is 0. The molecule has 0 fully saturated rings. The van der Waals surface area contributed by atoms with Crippen LogP contribution in [0.5, 0.6) is 0 Å². The lowest BCUT2D eigenvalue weighted by Crippen LogP contribution is -1.99. The first-order valence-electron chi connectivity index (χ1n) is 7.04. The van der Waals surface area contributed by atoms with Gasteiger partial charge in [0.25, 0.3) is 0 Å². The van der Waals surface area contributed by atoms with Gasteiger partial charge in [-0.05, 0) is 31.2 Å². The monoisotopic (exact) mass is 274 g/mol. The van der Waals surface area contributed by atoms with Gasteiger partial charge in [0.05, 0.1) is 28.3 Å². The molecule has 4 heteroatoms. The molecule has 2 aromatic heterocycles. The lowest BCUT2D eigenvalue weighted by molar-refractivity contribution is 0.793. The van der Waals surface area contributed by atoms with Crippen molar-refractivity contribution in [3.05, 3.63) is 54.7 Å². The Morgan fingerprint density at radius 1 is 0.857 bits per heavy atom. The van der Waals surface area contributed by atoms with Crippen molar-refractivity contribution >= 4 is 22.1 Å². The van der Waals surface area contributed by atoms with Crippen LogP contribution in [-0.4, -0.2) is 19.5 Å². The second-order valence-corrected chi connectivity index (χ2v) is 4.91. The molecule has 0 aliphatic heterocycles. The molecule has 4 nitrogen and oxygen atoms in total. The number of para-hydroxylation sites is 4. The van der Waals surface area contributed by atoms with E-state index in [0.717, 1.165) is 40.1 Å². The number of benzene rings is 2. The average Bonchev–Trinajstić information content (AvgIpc) is 2.93. The first-order chi connectivity index (χ1) is 10.4. The number of hydrogen-bond acceptors (Lipinski definition) is 3. The molecule has 0 amide bonds. The summed E-state index contributed by atoms with van der Waals surface area (Å²) in [5.41, 5.74) is 4.73. The first-order valence-corrected chi connectivity index (χ1v) is 7.04. The van der Waals surface area contributed by atoms with Crippen molar-refractivity contribution < 1.29 is 0 Å². The molecular weight excluding hydrogens is 260 g/mol. The Morgan fingerprint density at radius 3 is 2.38 bits per heavy atom. The number of nitrogens with zero attached hydrogens (tertiary/aromatic N) is 4. The predicted molar refractivity (Wildman–Crippen MR) is 83.9 cm³/mol. The minimum atomic E-state index is 0.812. The van der Waals surface area contributed by atoms with Gasteiger partial charge in [-0.1, -0.05) is 24.3 Å². The third-order valence-electron chi connectivity index (χ3n) is 3.65. The minimum absolute atomic E-state index is 0.812. The molecule has 4 aromatic rings. The summed E-state index contributed by atoms with van der Waals surface area (Å²) in [6.07, 6.45) is 1.80. The van der Waals surface area contributed by atoms with Crippen LogP contribution in [-0.2, 0) is 6.54 Å². The van der Waals surface area contributed by atoms with E-state index in [4.69, 9.17) is 9.97 Å². The van der Waals surface area contributed by atoms with Crippen LogP contribution < -0.4 is 0 Å². The van der Waals surface area contributed by atoms with E-state index in [9.17, 15) is 0 Å². The number of aromatic nitrogens is 4. The van der Waals surface area contributed by atoms with Gasteiger partial charge in [-0.25, -0.2) is 9.97 Å². The smallest absolute Gasteiger partial charge is 0.161 e. The molecule has 4 rings (SSSR count). The molecular formula is C17H14N4. The molecule has 0 unspecified atom stereocenters. The summed E-state index contributed by atoms with van der Waals surface area (Å²) in [6.45, 7) is 2.97. The lowest BCUT2D eigenvalue weighted by Gasteiger charge is -2.06. The number of imidazole rings is 1. The molecule has 0 saturated heterocycles. The Kier molecular flexibility index (Phi) is 2.67. The molecule has 2 aromatic carbocycles. The Hall–Kier alpha value is -2.75. The van der Waals surface area contributed by atoms with Gasteiger partial charge >= 0.3 is 0 Å². The summed E-state index contributed by atoms with van der Waals surface area (Å²) in [7, 11) is 0. The molecule has 0 atom stereocenters. The van der Waals surface area contributed by atoms with Crippen LogP contribution in [0.25, 0.3) is 33.6 Å². The summed E-state index contributed by atoms with van der Waals surface area (Å²) in [6, 6.07) is 16.0. The molecule has 0 aliphatic carbocycles. The largest absolute Gasteiger partial charge is 0.323 e. The second-order valence-electron chi connectivity index (χ2n) is 4.91. The van der Waals surface area contributed by atoms with Crippen molar-refractivity contribution in [3.63, 3.8) is 0 Å². The Bertz CT molecular complexity index is 940. The van der Waals surface area contributed by atoms with E-state index < -0.39 is 0 Å². The topological polar surface area (TPSA) is 43.6 Å². The van der Waals surface area contributed by atoms with Crippen LogP contribution in [0.3, 0.4) is 0 Å². The van der Waals surface area contributed by atoms with Crippen LogP contribution in [0.4, 0.5) is 0 Å². The molecule has 21 heavy (non-hydrogen) atoms. The fraction of sp³-hybridized carbons (Fsp3) is 0.118. The highest BCUT2D eigenvalue weighted by atomic mass is 15.1. The van der Waals surface area contributed by atoms with Crippen molar-refractivity contribution in [3.8, 4) is 11.5 Å². The number of aryl methyl sites for hydroxylation is 1. The standard InChI is InChI=1S/C17H14N4/c1-2-21-16-10-6-5-9-14(16)20-17(21)15-11-18-12-7-3-4-8-13(12)19-15/h3-11H,2H2,1H3. The summed E-state index contributed by atoms with van der Waals surface area (Å²) >= 11 is 0. The van der Waals surface area contributed by atoms with E-state index in [2.05, 4.69) is 22.5 Å². The van der Waals surface area contributed by atoms with E-state index in [-0.39, 0.29) is 0 Å². The van der Waals surface area contributed by atoms with Gasteiger partial charge in [-0.3, -0.25) is 4.98 Å². The highest BCUT2D eigenvalue weighted by Crippen LogP contribution is 2.24. The van der Waals surface area contributed by atoms with E-state index in [1.165, 1.54) is 0 Å². The molecule has 0 saturated carbocycles. The van der Waals surface area contributed by atoms with Gasteiger partial charge in [-0.15, -0.1) is 0 Å². The van der Waals surface area contributed by atoms with Gasteiger partial charge in [-0.2, -0.15) is 0 Å². The zero-order valence-corrected chi connectivity index (χ0v) is 11.7. The second kappa shape index (κ2) is 4.66. The van der Waals surface area contributed by atoms with Gasteiger partial charge in [0.1, 0.15) is 5.69 Å². The molecule has 0 radical (unpaired) electrons. The fourth-order valence-corrected chi connectivity index (χ4v) is 2.66. The van der Waals surface area contributed by atoms with Gasteiger partial charge in [0, 0.05) is 6.54 Å². The molecule has 0 aliphatic rings. The number of fused-ring (bicyclic) bond motifs is 2. The Balaban J connectivity index is 1.99. The Morgan fingerprint density at radius 2 is 1.57 bits per heavy atom. The van der Waals surface area contributed by atoms with Gasteiger partial charge in [0.2, 0.25) is 0 Å². The molecule has 0 bridgehead atoms. The van der Waals surface area contributed by atoms with Crippen LogP contribution in [0.2, 0.25) is 0 Å². The van der Waals surface area contributed by atoms with E-state index in [1.54, 1.807) is 6.20 Å². The van der Waals surface area contributed by atoms with E-state index >= 15 is 0 Å². The zero-order valence-electron chi connectivity index (χ0n) is 11.7. The van der Waals surface area contributed by atoms with Crippen molar-refractivity contribution in [1.82, 2.24) is 19.5 Å². The maximum absolute atomic E-state index is 4.72. The van der Waals surface area contributed by atoms with E-state index in [1.807, 2.05) is 42.5 Å². The highest BCUT2D eigenvalue weighted by molar-refractivity contribution is 5.81. The summed E-state index contributed by atoms with van der Waals surface area (Å²) < 4.78 is 2.17. The summed E-state index contributed by atoms with van der Waals surface area (Å²) in [5.74, 6) is 0.872. The zero-order chi connectivity index (χ0) is 14.2. The molecule has 102 valence electrons. The summed E-state index contributed by atoms with van der Waals surface area (Å²) in [5, 5.41) is 0. The summed E-state index contributed by atoms with van der Waals surface area (Å²) in [4.78, 5) is 13.9. The lowest BCUT2D eigenvalue weighted by atomic mass is 10.3. The quantitative estimate of drug-likeness (QED) is 0.560. The predicted octanol–water partition coefficient (Wildman–Crippen LogP) is 3.67. The van der Waals surface area contributed by atoms with E-state index in [0.29, 0.717) is 0 Å². The third kappa shape index (κ3) is 1.88. The van der Waals surface area contributed by atoms with Crippen molar-refractivity contribution in [2.24, 2.45) is 0 Å². The average molecular weight is 274 g/mol. The Labute approximate surface area is 122 Å². The first kappa shape index (κ1) is 12.0. The van der Waals surface area contributed by atoms with Crippen molar-refractivity contribution in [1.29, 1.82) is 0 Å². The van der Waals surface area contributed by atoms with Crippen molar-refractivity contribution in [2.45, 2.75) is 13.5 Å². The van der Waals surface area contributed by atoms with Crippen LogP contribution >= 0.6 is 0 Å². The highest BCUT2D eigenvalue weighted by Gasteiger charge is 2.13. The van der Waals surface area contributed by atoms with Crippen LogP contribution in [0.15, 0.2) is 54.7 Å². The van der Waals surface area contributed by atoms with Gasteiger partial charge in [0.15, 0.2) is 5.82 Å². The van der Waals surface area contributed by atoms with Crippen LogP contribution in [0.1, 0.15) is 6.92 Å². The fourth-order valence-electron chi connectivity index (χ4n) is 2.66. The number of rotatable bonds is 2. The molecule has 0 spiro atoms. The maximum atomic E-state index is 4.72. The third-order valence-corrected chi connectivity index (χ3v) is 3.65. The van der Waals surface area contributed by atoms with Gasteiger partial charge < -0.3 is 4.57 Å². The molecule has 2 heterocycles. The van der Waals surface area contributed by atoms with Crippen molar-refractivity contribution in [2.75, 3.05) is 0 Å². The SMILES string of the molecule is CCn1c(-c2cnc3ccccc3n2)nc2ccccc21. The molecule has 0 N–H and O–H groups in total. The normalized spacial score (nSPS) is 11.3. The maximum Gasteiger partial charge on any atom is 0.161 e.